The largest absolute Gasteiger partial charge is 0.338 e. The summed E-state index contributed by atoms with van der Waals surface area (Å²) in [5, 5.41) is 5.92. The molecule has 138 valence electrons. The quantitative estimate of drug-likeness (QED) is 0.845. The summed E-state index contributed by atoms with van der Waals surface area (Å²) in [5.41, 5.74) is 2.49. The van der Waals surface area contributed by atoms with Gasteiger partial charge < -0.3 is 10.2 Å². The van der Waals surface area contributed by atoms with Gasteiger partial charge in [0.1, 0.15) is 4.88 Å². The number of carbonyl (C=O) groups excluding carboxylic acids is 2. The average molecular weight is 372 g/mol. The van der Waals surface area contributed by atoms with Crippen LogP contribution in [0.5, 0.6) is 0 Å². The van der Waals surface area contributed by atoms with Crippen LogP contribution >= 0.6 is 11.3 Å². The fourth-order valence-corrected chi connectivity index (χ4v) is 3.99. The second-order valence-corrected chi connectivity index (χ2v) is 7.88. The Morgan fingerprint density at radius 3 is 2.62 bits per heavy atom. The number of carbonyl (C=O) groups is 2. The molecule has 1 fully saturated rings. The third kappa shape index (κ3) is 4.40. The molecule has 1 atom stereocenters. The van der Waals surface area contributed by atoms with Crippen molar-refractivity contribution < 1.29 is 9.59 Å². The van der Waals surface area contributed by atoms with Crippen LogP contribution in [0.2, 0.25) is 0 Å². The van der Waals surface area contributed by atoms with Gasteiger partial charge in [-0.25, -0.2) is 9.78 Å². The Hall–Kier alpha value is -2.41. The molecule has 0 spiro atoms. The lowest BCUT2D eigenvalue weighted by atomic mass is 10.0. The van der Waals surface area contributed by atoms with E-state index in [1.54, 1.807) is 6.92 Å². The number of nitrogens with one attached hydrogen (secondary N) is 2. The summed E-state index contributed by atoms with van der Waals surface area (Å²) in [6, 6.07) is 7.18. The number of likely N-dealkylation sites (tertiary alicyclic amines) is 1. The van der Waals surface area contributed by atoms with Gasteiger partial charge in [-0.3, -0.25) is 10.1 Å². The number of thiazole rings is 1. The van der Waals surface area contributed by atoms with Crippen LogP contribution in [0.25, 0.3) is 0 Å². The topological polar surface area (TPSA) is 74.3 Å². The first-order chi connectivity index (χ1) is 12.4. The monoisotopic (exact) mass is 372 g/mol. The second kappa shape index (κ2) is 7.86. The van der Waals surface area contributed by atoms with E-state index < -0.39 is 0 Å². The molecule has 2 N–H and O–H groups in total. The number of benzene rings is 1. The number of piperidine rings is 1. The summed E-state index contributed by atoms with van der Waals surface area (Å²) >= 11 is 1.23. The SMILES string of the molecule is Cc1ccc(NC(=O)Nc2nc(C)c(C(=O)N3CCCC(C)C3)s2)cc1. The van der Waals surface area contributed by atoms with E-state index in [1.807, 2.05) is 36.1 Å². The molecule has 3 amide bonds. The molecule has 7 heteroatoms. The van der Waals surface area contributed by atoms with E-state index in [2.05, 4.69) is 22.5 Å². The van der Waals surface area contributed by atoms with Gasteiger partial charge in [0.25, 0.3) is 5.91 Å². The molecule has 2 aromatic rings. The van der Waals surface area contributed by atoms with Crippen LogP contribution in [0, 0.1) is 19.8 Å². The Morgan fingerprint density at radius 1 is 1.19 bits per heavy atom. The first kappa shape index (κ1) is 18.4. The molecule has 1 aliphatic heterocycles. The van der Waals surface area contributed by atoms with E-state index in [0.29, 0.717) is 27.3 Å². The molecule has 3 rings (SSSR count). The highest BCUT2D eigenvalue weighted by molar-refractivity contribution is 7.17. The number of hydrogen-bond acceptors (Lipinski definition) is 4. The number of rotatable bonds is 3. The van der Waals surface area contributed by atoms with Gasteiger partial charge in [-0.2, -0.15) is 0 Å². The van der Waals surface area contributed by atoms with Crippen LogP contribution in [0.15, 0.2) is 24.3 Å². The minimum Gasteiger partial charge on any atom is -0.338 e. The van der Waals surface area contributed by atoms with Crippen LogP contribution in [0.1, 0.15) is 40.7 Å². The Balaban J connectivity index is 1.64. The van der Waals surface area contributed by atoms with Crippen molar-refractivity contribution in [1.82, 2.24) is 9.88 Å². The summed E-state index contributed by atoms with van der Waals surface area (Å²) in [7, 11) is 0. The van der Waals surface area contributed by atoms with Crippen molar-refractivity contribution in [2.75, 3.05) is 23.7 Å². The highest BCUT2D eigenvalue weighted by atomic mass is 32.1. The van der Waals surface area contributed by atoms with Crippen molar-refractivity contribution >= 4 is 34.1 Å². The number of urea groups is 1. The molecule has 0 aliphatic carbocycles. The standard InChI is InChI=1S/C19H24N4O2S/c1-12-6-8-15(9-7-12)21-18(25)22-19-20-14(3)16(26-19)17(24)23-10-4-5-13(2)11-23/h6-9,13H,4-5,10-11H2,1-3H3,(H2,20,21,22,25). The Bertz CT molecular complexity index is 800. The molecule has 1 aromatic carbocycles. The second-order valence-electron chi connectivity index (χ2n) is 6.88. The number of hydrogen-bond donors (Lipinski definition) is 2. The lowest BCUT2D eigenvalue weighted by Gasteiger charge is -2.30. The number of aromatic nitrogens is 1. The Morgan fingerprint density at radius 2 is 1.92 bits per heavy atom. The zero-order valence-electron chi connectivity index (χ0n) is 15.3. The maximum atomic E-state index is 12.8. The van der Waals surface area contributed by atoms with Crippen LogP contribution in [-0.2, 0) is 0 Å². The van der Waals surface area contributed by atoms with Gasteiger partial charge in [-0.15, -0.1) is 0 Å². The Labute approximate surface area is 157 Å². The fraction of sp³-hybridized carbons (Fsp3) is 0.421. The molecule has 26 heavy (non-hydrogen) atoms. The van der Waals surface area contributed by atoms with Gasteiger partial charge in [-0.05, 0) is 44.7 Å². The summed E-state index contributed by atoms with van der Waals surface area (Å²) in [5.74, 6) is 0.539. The fourth-order valence-electron chi connectivity index (χ4n) is 3.06. The number of anilines is 2. The van der Waals surface area contributed by atoms with Gasteiger partial charge in [-0.1, -0.05) is 36.0 Å². The van der Waals surface area contributed by atoms with Crippen LogP contribution < -0.4 is 10.6 Å². The molecular formula is C19H24N4O2S. The molecule has 1 aliphatic rings. The Kier molecular flexibility index (Phi) is 5.56. The number of amides is 3. The van der Waals surface area contributed by atoms with E-state index in [4.69, 9.17) is 0 Å². The van der Waals surface area contributed by atoms with E-state index in [-0.39, 0.29) is 11.9 Å². The van der Waals surface area contributed by atoms with Crippen LogP contribution in [0.4, 0.5) is 15.6 Å². The summed E-state index contributed by atoms with van der Waals surface area (Å²) in [6.07, 6.45) is 2.20. The van der Waals surface area contributed by atoms with Crippen LogP contribution in [0.3, 0.4) is 0 Å². The maximum absolute atomic E-state index is 12.8. The van der Waals surface area contributed by atoms with Gasteiger partial charge in [0.15, 0.2) is 5.13 Å². The van der Waals surface area contributed by atoms with Crippen molar-refractivity contribution in [3.05, 3.63) is 40.4 Å². The maximum Gasteiger partial charge on any atom is 0.325 e. The normalized spacial score (nSPS) is 17.0. The summed E-state index contributed by atoms with van der Waals surface area (Å²) in [4.78, 5) is 31.7. The molecule has 0 bridgehead atoms. The average Bonchev–Trinajstić information content (AvgIpc) is 2.96. The molecule has 1 saturated heterocycles. The molecule has 0 radical (unpaired) electrons. The minimum atomic E-state index is -0.367. The first-order valence-electron chi connectivity index (χ1n) is 8.83. The third-order valence-electron chi connectivity index (χ3n) is 4.46. The van der Waals surface area contributed by atoms with E-state index in [9.17, 15) is 9.59 Å². The molecular weight excluding hydrogens is 348 g/mol. The van der Waals surface area contributed by atoms with E-state index in [0.717, 1.165) is 31.5 Å². The molecule has 1 aromatic heterocycles. The minimum absolute atomic E-state index is 0.0125. The van der Waals surface area contributed by atoms with Gasteiger partial charge in [0.2, 0.25) is 0 Å². The predicted molar refractivity (Wildman–Crippen MR) is 105 cm³/mol. The highest BCUT2D eigenvalue weighted by Crippen LogP contribution is 2.26. The van der Waals surface area contributed by atoms with Crippen molar-refractivity contribution in [1.29, 1.82) is 0 Å². The first-order valence-corrected chi connectivity index (χ1v) is 9.65. The third-order valence-corrected chi connectivity index (χ3v) is 5.53. The van der Waals surface area contributed by atoms with Crippen molar-refractivity contribution in [2.45, 2.75) is 33.6 Å². The summed E-state index contributed by atoms with van der Waals surface area (Å²) < 4.78 is 0. The summed E-state index contributed by atoms with van der Waals surface area (Å²) in [6.45, 7) is 7.54. The zero-order valence-corrected chi connectivity index (χ0v) is 16.2. The van der Waals surface area contributed by atoms with Gasteiger partial charge >= 0.3 is 6.03 Å². The predicted octanol–water partition coefficient (Wildman–Crippen LogP) is 4.28. The van der Waals surface area contributed by atoms with Crippen molar-refractivity contribution in [3.63, 3.8) is 0 Å². The lowest BCUT2D eigenvalue weighted by Crippen LogP contribution is -2.39. The van der Waals surface area contributed by atoms with Gasteiger partial charge in [0, 0.05) is 18.8 Å². The number of nitrogens with zero attached hydrogens (tertiary/aromatic N) is 2. The van der Waals surface area contributed by atoms with Crippen molar-refractivity contribution in [3.8, 4) is 0 Å². The van der Waals surface area contributed by atoms with E-state index in [1.165, 1.54) is 11.3 Å². The molecule has 0 saturated carbocycles. The van der Waals surface area contributed by atoms with Crippen LogP contribution in [-0.4, -0.2) is 34.9 Å². The number of aryl methyl sites for hydroxylation is 2. The molecule has 2 heterocycles. The lowest BCUT2D eigenvalue weighted by molar-refractivity contribution is 0.0687. The van der Waals surface area contributed by atoms with Crippen molar-refractivity contribution in [2.24, 2.45) is 5.92 Å². The smallest absolute Gasteiger partial charge is 0.325 e. The van der Waals surface area contributed by atoms with E-state index >= 15 is 0 Å². The van der Waals surface area contributed by atoms with Gasteiger partial charge in [0.05, 0.1) is 5.69 Å². The zero-order chi connectivity index (χ0) is 18.7. The molecule has 6 nitrogen and oxygen atoms in total. The molecule has 1 unspecified atom stereocenters. The highest BCUT2D eigenvalue weighted by Gasteiger charge is 2.25.